The molecule has 2 aromatic rings. The van der Waals surface area contributed by atoms with Crippen LogP contribution in [0.4, 0.5) is 0 Å². The van der Waals surface area contributed by atoms with Crippen molar-refractivity contribution in [3.8, 4) is 0 Å². The molecule has 34 heavy (non-hydrogen) atoms. The molecule has 1 atom stereocenters. The number of likely N-dealkylation sites (N-methyl/N-ethyl adjacent to an activating group) is 1. The lowest BCUT2D eigenvalue weighted by Crippen LogP contribution is -2.52. The van der Waals surface area contributed by atoms with Gasteiger partial charge in [0.1, 0.15) is 11.7 Å². The first kappa shape index (κ1) is 25.1. The standard InChI is InChI=1S/C24H32N6O4/c1-25-24(34)21(31)9-8-19(28-23(33)20-14-26-16-29(20)2)22(32)27-18-10-12-30(13-11-18)15-17-6-4-3-5-7-17/h3-7,14,16,18-19H,8-13,15H2,1-2H3,(H,25,34)(H,27,32)(H,28,33)/t19-/m0/s1. The van der Waals surface area contributed by atoms with E-state index >= 15 is 0 Å². The number of carbonyl (C=O) groups is 4. The van der Waals surface area contributed by atoms with Crippen molar-refractivity contribution in [1.29, 1.82) is 0 Å². The normalized spacial score (nSPS) is 15.4. The van der Waals surface area contributed by atoms with Gasteiger partial charge >= 0.3 is 0 Å². The van der Waals surface area contributed by atoms with Crippen LogP contribution in [-0.4, -0.2) is 70.2 Å². The molecule has 10 heteroatoms. The second kappa shape index (κ2) is 12.1. The molecule has 1 aliphatic rings. The minimum Gasteiger partial charge on any atom is -0.353 e. The number of hydrogen-bond acceptors (Lipinski definition) is 6. The summed E-state index contributed by atoms with van der Waals surface area (Å²) in [5.41, 5.74) is 1.55. The molecule has 10 nitrogen and oxygen atoms in total. The summed E-state index contributed by atoms with van der Waals surface area (Å²) in [7, 11) is 3.05. The fraction of sp³-hybridized carbons (Fsp3) is 0.458. The molecule has 3 rings (SSSR count). The molecule has 1 aliphatic heterocycles. The molecule has 0 saturated carbocycles. The summed E-state index contributed by atoms with van der Waals surface area (Å²) >= 11 is 0. The minimum absolute atomic E-state index is 0.0224. The Bertz CT molecular complexity index is 998. The predicted octanol–water partition coefficient (Wildman–Crippen LogP) is 0.395. The minimum atomic E-state index is -0.946. The fourth-order valence-electron chi connectivity index (χ4n) is 3.98. The molecular weight excluding hydrogens is 436 g/mol. The smallest absolute Gasteiger partial charge is 0.287 e. The van der Waals surface area contributed by atoms with E-state index in [1.165, 1.54) is 25.1 Å². The first-order valence-electron chi connectivity index (χ1n) is 11.5. The summed E-state index contributed by atoms with van der Waals surface area (Å²) in [5, 5.41) is 8.00. The zero-order chi connectivity index (χ0) is 24.5. The first-order valence-corrected chi connectivity index (χ1v) is 11.5. The van der Waals surface area contributed by atoms with Crippen molar-refractivity contribution in [3.05, 3.63) is 54.1 Å². The van der Waals surface area contributed by atoms with Crippen LogP contribution in [0, 0.1) is 0 Å². The predicted molar refractivity (Wildman–Crippen MR) is 126 cm³/mol. The SMILES string of the molecule is CNC(=O)C(=O)CC[C@H](NC(=O)c1cncn1C)C(=O)NC1CCN(Cc2ccccc2)CC1. The maximum atomic E-state index is 13.1. The maximum absolute atomic E-state index is 13.1. The lowest BCUT2D eigenvalue weighted by Gasteiger charge is -2.33. The average Bonchev–Trinajstić information content (AvgIpc) is 3.28. The van der Waals surface area contributed by atoms with Crippen molar-refractivity contribution < 1.29 is 19.2 Å². The topological polar surface area (TPSA) is 125 Å². The van der Waals surface area contributed by atoms with Gasteiger partial charge in [0.05, 0.1) is 12.5 Å². The molecule has 0 radical (unpaired) electrons. The Morgan fingerprint density at radius 3 is 2.44 bits per heavy atom. The van der Waals surface area contributed by atoms with Gasteiger partial charge in [0.25, 0.3) is 11.8 Å². The van der Waals surface area contributed by atoms with Crippen molar-refractivity contribution in [1.82, 2.24) is 30.4 Å². The lowest BCUT2D eigenvalue weighted by molar-refractivity contribution is -0.137. The number of piperidine rings is 1. The Morgan fingerprint density at radius 1 is 1.12 bits per heavy atom. The highest BCUT2D eigenvalue weighted by molar-refractivity contribution is 6.36. The Kier molecular flexibility index (Phi) is 8.92. The lowest BCUT2D eigenvalue weighted by atomic mass is 10.0. The number of Topliss-reactive ketones (excluding diaryl/α,β-unsaturated/α-hetero) is 1. The summed E-state index contributed by atoms with van der Waals surface area (Å²) in [6.07, 6.45) is 4.34. The van der Waals surface area contributed by atoms with Crippen LogP contribution in [0.5, 0.6) is 0 Å². The molecule has 0 aliphatic carbocycles. The summed E-state index contributed by atoms with van der Waals surface area (Å²) < 4.78 is 1.54. The Morgan fingerprint density at radius 2 is 1.82 bits per heavy atom. The van der Waals surface area contributed by atoms with E-state index in [4.69, 9.17) is 0 Å². The number of nitrogens with zero attached hydrogens (tertiary/aromatic N) is 3. The molecule has 0 bridgehead atoms. The van der Waals surface area contributed by atoms with Crippen LogP contribution < -0.4 is 16.0 Å². The molecule has 1 aromatic carbocycles. The van der Waals surface area contributed by atoms with Crippen molar-refractivity contribution >= 4 is 23.5 Å². The average molecular weight is 469 g/mol. The van der Waals surface area contributed by atoms with E-state index in [0.29, 0.717) is 5.69 Å². The van der Waals surface area contributed by atoms with E-state index in [2.05, 4.69) is 38.0 Å². The van der Waals surface area contributed by atoms with Crippen molar-refractivity contribution in [2.24, 2.45) is 7.05 Å². The highest BCUT2D eigenvalue weighted by atomic mass is 16.2. The number of likely N-dealkylation sites (tertiary alicyclic amines) is 1. The third kappa shape index (κ3) is 6.98. The van der Waals surface area contributed by atoms with Gasteiger partial charge in [-0.25, -0.2) is 4.98 Å². The monoisotopic (exact) mass is 468 g/mol. The number of rotatable bonds is 10. The number of carbonyl (C=O) groups excluding carboxylic acids is 4. The second-order valence-electron chi connectivity index (χ2n) is 8.50. The van der Waals surface area contributed by atoms with E-state index < -0.39 is 23.6 Å². The highest BCUT2D eigenvalue weighted by Crippen LogP contribution is 2.14. The number of imidazole rings is 1. The second-order valence-corrected chi connectivity index (χ2v) is 8.50. The number of ketones is 1. The molecule has 0 unspecified atom stereocenters. The third-order valence-corrected chi connectivity index (χ3v) is 5.99. The van der Waals surface area contributed by atoms with Gasteiger partial charge in [-0.15, -0.1) is 0 Å². The van der Waals surface area contributed by atoms with E-state index in [-0.39, 0.29) is 24.8 Å². The van der Waals surface area contributed by atoms with Crippen LogP contribution in [-0.2, 0) is 28.0 Å². The van der Waals surface area contributed by atoms with Crippen molar-refractivity contribution in [3.63, 3.8) is 0 Å². The van der Waals surface area contributed by atoms with Crippen LogP contribution in [0.25, 0.3) is 0 Å². The molecule has 3 N–H and O–H groups in total. The van der Waals surface area contributed by atoms with Crippen LogP contribution in [0.15, 0.2) is 42.9 Å². The van der Waals surface area contributed by atoms with Gasteiger partial charge in [-0.3, -0.25) is 24.1 Å². The molecule has 1 aromatic heterocycles. The number of aromatic nitrogens is 2. The van der Waals surface area contributed by atoms with Gasteiger partial charge in [-0.2, -0.15) is 0 Å². The van der Waals surface area contributed by atoms with Gasteiger partial charge in [-0.1, -0.05) is 30.3 Å². The summed E-state index contributed by atoms with van der Waals surface area (Å²) in [4.78, 5) is 55.5. The number of nitrogens with one attached hydrogen (secondary N) is 3. The van der Waals surface area contributed by atoms with E-state index in [1.807, 2.05) is 18.2 Å². The van der Waals surface area contributed by atoms with Crippen LogP contribution >= 0.6 is 0 Å². The van der Waals surface area contributed by atoms with Gasteiger partial charge in [0, 0.05) is 46.2 Å². The van der Waals surface area contributed by atoms with E-state index in [1.54, 1.807) is 11.6 Å². The summed E-state index contributed by atoms with van der Waals surface area (Å²) in [6, 6.07) is 9.28. The van der Waals surface area contributed by atoms with Gasteiger partial charge in [0.2, 0.25) is 11.7 Å². The number of amides is 3. The summed E-state index contributed by atoms with van der Waals surface area (Å²) in [5.74, 6) is -2.18. The first-order chi connectivity index (χ1) is 16.4. The Balaban J connectivity index is 1.56. The zero-order valence-corrected chi connectivity index (χ0v) is 19.6. The summed E-state index contributed by atoms with van der Waals surface area (Å²) in [6.45, 7) is 2.56. The number of benzene rings is 1. The molecular formula is C24H32N6O4. The molecule has 3 amide bonds. The molecule has 1 fully saturated rings. The van der Waals surface area contributed by atoms with Crippen LogP contribution in [0.3, 0.4) is 0 Å². The maximum Gasteiger partial charge on any atom is 0.287 e. The zero-order valence-electron chi connectivity index (χ0n) is 19.6. The molecule has 1 saturated heterocycles. The van der Waals surface area contributed by atoms with E-state index in [9.17, 15) is 19.2 Å². The van der Waals surface area contributed by atoms with Crippen molar-refractivity contribution in [2.45, 2.75) is 44.3 Å². The quantitative estimate of drug-likeness (QED) is 0.434. The number of aryl methyl sites for hydroxylation is 1. The van der Waals surface area contributed by atoms with Crippen molar-refractivity contribution in [2.75, 3.05) is 20.1 Å². The molecule has 0 spiro atoms. The fourth-order valence-corrected chi connectivity index (χ4v) is 3.98. The van der Waals surface area contributed by atoms with Gasteiger partial charge in [-0.05, 0) is 24.8 Å². The Hall–Kier alpha value is -3.53. The van der Waals surface area contributed by atoms with E-state index in [0.717, 1.165) is 32.5 Å². The highest BCUT2D eigenvalue weighted by Gasteiger charge is 2.28. The van der Waals surface area contributed by atoms with Crippen LogP contribution in [0.1, 0.15) is 41.7 Å². The molecule has 2 heterocycles. The van der Waals surface area contributed by atoms with Gasteiger partial charge < -0.3 is 20.5 Å². The molecule has 182 valence electrons. The van der Waals surface area contributed by atoms with Crippen LogP contribution in [0.2, 0.25) is 0 Å². The Labute approximate surface area is 199 Å². The van der Waals surface area contributed by atoms with Gasteiger partial charge in [0.15, 0.2) is 0 Å². The number of hydrogen-bond donors (Lipinski definition) is 3. The third-order valence-electron chi connectivity index (χ3n) is 5.99. The largest absolute Gasteiger partial charge is 0.353 e.